The maximum Gasteiger partial charge on any atom is 0.253 e. The van der Waals surface area contributed by atoms with Gasteiger partial charge in [0.15, 0.2) is 0 Å². The number of benzene rings is 1. The van der Waals surface area contributed by atoms with Gasteiger partial charge in [-0.3, -0.25) is 14.6 Å². The summed E-state index contributed by atoms with van der Waals surface area (Å²) in [6, 6.07) is 7.70. The molecule has 1 heterocycles. The minimum absolute atomic E-state index is 0.0648. The van der Waals surface area contributed by atoms with Gasteiger partial charge in [0, 0.05) is 31.0 Å². The third kappa shape index (κ3) is 4.87. The van der Waals surface area contributed by atoms with Crippen molar-refractivity contribution in [2.45, 2.75) is 20.4 Å². The van der Waals surface area contributed by atoms with Crippen molar-refractivity contribution < 1.29 is 14.0 Å². The van der Waals surface area contributed by atoms with Crippen LogP contribution in [0, 0.1) is 11.7 Å². The second-order valence-corrected chi connectivity index (χ2v) is 5.84. The Morgan fingerprint density at radius 2 is 1.71 bits per heavy atom. The van der Waals surface area contributed by atoms with Gasteiger partial charge >= 0.3 is 0 Å². The summed E-state index contributed by atoms with van der Waals surface area (Å²) in [4.78, 5) is 28.1. The fraction of sp³-hybridized carbons (Fsp3) is 0.278. The fourth-order valence-electron chi connectivity index (χ4n) is 2.01. The Morgan fingerprint density at radius 1 is 1.08 bits per heavy atom. The molecule has 0 saturated heterocycles. The third-order valence-corrected chi connectivity index (χ3v) is 3.33. The van der Waals surface area contributed by atoms with Gasteiger partial charge in [0.2, 0.25) is 0 Å². The zero-order valence-corrected chi connectivity index (χ0v) is 13.7. The number of carbonyl (C=O) groups is 2. The molecule has 126 valence electrons. The molecule has 2 amide bonds. The van der Waals surface area contributed by atoms with Crippen molar-refractivity contribution in [2.24, 2.45) is 5.92 Å². The van der Waals surface area contributed by atoms with E-state index in [1.54, 1.807) is 18.2 Å². The number of hydrogen-bond acceptors (Lipinski definition) is 3. The zero-order valence-electron chi connectivity index (χ0n) is 13.7. The fourth-order valence-corrected chi connectivity index (χ4v) is 2.01. The topological polar surface area (TPSA) is 71.1 Å². The lowest BCUT2D eigenvalue weighted by Crippen LogP contribution is -2.28. The summed E-state index contributed by atoms with van der Waals surface area (Å²) < 4.78 is 13.5. The molecule has 1 aromatic carbocycles. The normalized spacial score (nSPS) is 10.5. The molecule has 0 saturated carbocycles. The standard InChI is InChI=1S/C18H20FN3O2/c1-12(2)8-21-17(23)14-7-15(10-20-9-14)18(24)22-11-13-5-3-4-6-16(13)19/h3-7,9-10,12H,8,11H2,1-2H3,(H,21,23)(H,22,24). The number of hydrogen-bond donors (Lipinski definition) is 2. The van der Waals surface area contributed by atoms with Crippen molar-refractivity contribution in [3.63, 3.8) is 0 Å². The van der Waals surface area contributed by atoms with Crippen LogP contribution >= 0.6 is 0 Å². The van der Waals surface area contributed by atoms with E-state index in [2.05, 4.69) is 15.6 Å². The highest BCUT2D eigenvalue weighted by Gasteiger charge is 2.12. The van der Waals surface area contributed by atoms with Gasteiger partial charge in [-0.2, -0.15) is 0 Å². The molecule has 2 N–H and O–H groups in total. The number of pyridine rings is 1. The van der Waals surface area contributed by atoms with E-state index in [9.17, 15) is 14.0 Å². The number of carbonyl (C=O) groups excluding carboxylic acids is 2. The Kier molecular flexibility index (Phi) is 6.01. The number of nitrogens with zero attached hydrogens (tertiary/aromatic N) is 1. The van der Waals surface area contributed by atoms with Crippen molar-refractivity contribution in [3.05, 3.63) is 65.2 Å². The predicted octanol–water partition coefficient (Wildman–Crippen LogP) is 2.54. The Balaban J connectivity index is 2.01. The van der Waals surface area contributed by atoms with Gasteiger partial charge in [0.1, 0.15) is 5.82 Å². The van der Waals surface area contributed by atoms with E-state index in [-0.39, 0.29) is 23.8 Å². The van der Waals surface area contributed by atoms with Gasteiger partial charge in [0.05, 0.1) is 11.1 Å². The van der Waals surface area contributed by atoms with Crippen molar-refractivity contribution in [1.29, 1.82) is 0 Å². The van der Waals surface area contributed by atoms with Gasteiger partial charge in [-0.15, -0.1) is 0 Å². The minimum Gasteiger partial charge on any atom is -0.352 e. The van der Waals surface area contributed by atoms with Crippen LogP contribution in [0.2, 0.25) is 0 Å². The van der Waals surface area contributed by atoms with Crippen LogP contribution in [0.1, 0.15) is 40.1 Å². The number of rotatable bonds is 6. The van der Waals surface area contributed by atoms with Gasteiger partial charge < -0.3 is 10.6 Å². The number of nitrogens with one attached hydrogen (secondary N) is 2. The average molecular weight is 329 g/mol. The summed E-state index contributed by atoms with van der Waals surface area (Å²) >= 11 is 0. The molecule has 24 heavy (non-hydrogen) atoms. The lowest BCUT2D eigenvalue weighted by Gasteiger charge is -2.09. The average Bonchev–Trinajstić information content (AvgIpc) is 2.58. The number of halogens is 1. The molecule has 0 aliphatic heterocycles. The maximum atomic E-state index is 13.5. The molecule has 6 heteroatoms. The van der Waals surface area contributed by atoms with Crippen LogP contribution in [-0.4, -0.2) is 23.3 Å². The van der Waals surface area contributed by atoms with Crippen molar-refractivity contribution >= 4 is 11.8 Å². The van der Waals surface area contributed by atoms with Crippen LogP contribution in [0.25, 0.3) is 0 Å². The second kappa shape index (κ2) is 8.19. The first kappa shape index (κ1) is 17.6. The molecule has 0 aliphatic rings. The summed E-state index contributed by atoms with van der Waals surface area (Å²) in [6.45, 7) is 4.59. The van der Waals surface area contributed by atoms with Crippen molar-refractivity contribution in [2.75, 3.05) is 6.54 Å². The SMILES string of the molecule is CC(C)CNC(=O)c1cncc(C(=O)NCc2ccccc2F)c1. The van der Waals surface area contributed by atoms with Crippen LogP contribution in [0.5, 0.6) is 0 Å². The molecule has 0 unspecified atom stereocenters. The summed E-state index contributed by atoms with van der Waals surface area (Å²) in [5.41, 5.74) is 0.961. The molecule has 0 bridgehead atoms. The van der Waals surface area contributed by atoms with Gasteiger partial charge in [-0.25, -0.2) is 4.39 Å². The molecule has 5 nitrogen and oxygen atoms in total. The second-order valence-electron chi connectivity index (χ2n) is 5.84. The number of amides is 2. The quantitative estimate of drug-likeness (QED) is 0.855. The van der Waals surface area contributed by atoms with Crippen molar-refractivity contribution in [3.8, 4) is 0 Å². The Hall–Kier alpha value is -2.76. The minimum atomic E-state index is -0.413. The van der Waals surface area contributed by atoms with E-state index in [0.29, 0.717) is 23.6 Å². The molecule has 0 fully saturated rings. The first-order chi connectivity index (χ1) is 11.5. The summed E-state index contributed by atoms with van der Waals surface area (Å²) in [5.74, 6) is -0.740. The van der Waals surface area contributed by atoms with E-state index in [1.807, 2.05) is 13.8 Å². The largest absolute Gasteiger partial charge is 0.352 e. The Morgan fingerprint density at radius 3 is 2.33 bits per heavy atom. The molecule has 0 radical (unpaired) electrons. The van der Waals surface area contributed by atoms with Crippen LogP contribution in [0.3, 0.4) is 0 Å². The van der Waals surface area contributed by atoms with Crippen molar-refractivity contribution in [1.82, 2.24) is 15.6 Å². The van der Waals surface area contributed by atoms with E-state index < -0.39 is 5.91 Å². The maximum absolute atomic E-state index is 13.5. The smallest absolute Gasteiger partial charge is 0.253 e. The van der Waals surface area contributed by atoms with Crippen LogP contribution < -0.4 is 10.6 Å². The molecule has 1 aromatic heterocycles. The molecule has 2 rings (SSSR count). The summed E-state index contributed by atoms with van der Waals surface area (Å²) in [7, 11) is 0. The van der Waals surface area contributed by atoms with E-state index in [1.165, 1.54) is 24.5 Å². The van der Waals surface area contributed by atoms with Gasteiger partial charge in [-0.1, -0.05) is 32.0 Å². The third-order valence-electron chi connectivity index (χ3n) is 3.33. The molecule has 0 spiro atoms. The molecule has 0 aliphatic carbocycles. The van der Waals surface area contributed by atoms with Gasteiger partial charge in [0.25, 0.3) is 11.8 Å². The monoisotopic (exact) mass is 329 g/mol. The number of aromatic nitrogens is 1. The molecular weight excluding hydrogens is 309 g/mol. The van der Waals surface area contributed by atoms with Gasteiger partial charge in [-0.05, 0) is 18.1 Å². The lowest BCUT2D eigenvalue weighted by molar-refractivity contribution is 0.0948. The molecule has 0 atom stereocenters. The predicted molar refractivity (Wildman–Crippen MR) is 89.0 cm³/mol. The van der Waals surface area contributed by atoms with Crippen LogP contribution in [0.4, 0.5) is 4.39 Å². The summed E-state index contributed by atoms with van der Waals surface area (Å²) in [6.07, 6.45) is 2.78. The summed E-state index contributed by atoms with van der Waals surface area (Å²) in [5, 5.41) is 5.39. The molecular formula is C18H20FN3O2. The highest BCUT2D eigenvalue weighted by atomic mass is 19.1. The highest BCUT2D eigenvalue weighted by Crippen LogP contribution is 2.07. The van der Waals surface area contributed by atoms with Crippen LogP contribution in [0.15, 0.2) is 42.7 Å². The first-order valence-electron chi connectivity index (χ1n) is 7.72. The zero-order chi connectivity index (χ0) is 17.5. The van der Waals surface area contributed by atoms with E-state index in [0.717, 1.165) is 0 Å². The Labute approximate surface area is 140 Å². The highest BCUT2D eigenvalue weighted by molar-refractivity contribution is 5.99. The van der Waals surface area contributed by atoms with E-state index >= 15 is 0 Å². The lowest BCUT2D eigenvalue weighted by atomic mass is 10.1. The van der Waals surface area contributed by atoms with Crippen LogP contribution in [-0.2, 0) is 6.54 Å². The molecule has 2 aromatic rings. The first-order valence-corrected chi connectivity index (χ1v) is 7.72. The van der Waals surface area contributed by atoms with E-state index in [4.69, 9.17) is 0 Å². The Bertz CT molecular complexity index is 732.